The van der Waals surface area contributed by atoms with E-state index in [0.29, 0.717) is 11.1 Å². The number of halogens is 1. The second-order valence-electron chi connectivity index (χ2n) is 7.19. The zero-order valence-electron chi connectivity index (χ0n) is 16.5. The molecule has 26 heavy (non-hydrogen) atoms. The Morgan fingerprint density at radius 1 is 1.12 bits per heavy atom. The third-order valence-electron chi connectivity index (χ3n) is 4.68. The Labute approximate surface area is 164 Å². The largest absolute Gasteiger partial charge is 0.387 e. The van der Waals surface area contributed by atoms with Crippen LogP contribution in [0.25, 0.3) is 0 Å². The monoisotopic (exact) mass is 386 g/mol. The van der Waals surface area contributed by atoms with E-state index in [2.05, 4.69) is 12.2 Å². The van der Waals surface area contributed by atoms with Crippen LogP contribution in [0.5, 0.6) is 0 Å². The average molecular weight is 387 g/mol. The first-order chi connectivity index (χ1) is 11.9. The number of rotatable bonds is 12. The fourth-order valence-electron chi connectivity index (χ4n) is 3.03. The number of nitrogens with zero attached hydrogens (tertiary/aromatic N) is 1. The van der Waals surface area contributed by atoms with E-state index >= 15 is 0 Å². The molecule has 0 bridgehead atoms. The number of aliphatic hydroxyl groups is 1. The van der Waals surface area contributed by atoms with Crippen molar-refractivity contribution in [1.29, 1.82) is 0 Å². The summed E-state index contributed by atoms with van der Waals surface area (Å²) >= 11 is 0. The van der Waals surface area contributed by atoms with Crippen LogP contribution in [0.3, 0.4) is 0 Å². The van der Waals surface area contributed by atoms with Gasteiger partial charge in [-0.3, -0.25) is 10.1 Å². The van der Waals surface area contributed by atoms with E-state index in [9.17, 15) is 15.2 Å². The molecule has 2 unspecified atom stereocenters. The van der Waals surface area contributed by atoms with Gasteiger partial charge in [-0.25, -0.2) is 0 Å². The molecule has 0 fully saturated rings. The molecule has 150 valence electrons. The van der Waals surface area contributed by atoms with E-state index in [0.717, 1.165) is 13.0 Å². The molecule has 0 aliphatic rings. The van der Waals surface area contributed by atoms with Crippen molar-refractivity contribution in [3.8, 4) is 0 Å². The molecule has 6 heteroatoms. The van der Waals surface area contributed by atoms with Gasteiger partial charge in [0.15, 0.2) is 0 Å². The fraction of sp³-hybridized carbons (Fsp3) is 0.700. The smallest absolute Gasteiger partial charge is 0.273 e. The number of nitro groups is 1. The van der Waals surface area contributed by atoms with Gasteiger partial charge in [0.05, 0.1) is 11.0 Å². The maximum Gasteiger partial charge on any atom is 0.273 e. The predicted molar refractivity (Wildman–Crippen MR) is 110 cm³/mol. The van der Waals surface area contributed by atoms with Crippen LogP contribution in [0.15, 0.2) is 18.2 Å². The average Bonchev–Trinajstić information content (AvgIpc) is 2.59. The van der Waals surface area contributed by atoms with Crippen LogP contribution >= 0.6 is 12.4 Å². The summed E-state index contributed by atoms with van der Waals surface area (Å²) in [6, 6.07) is 4.95. The third kappa shape index (κ3) is 8.02. The van der Waals surface area contributed by atoms with Gasteiger partial charge in [-0.2, -0.15) is 0 Å². The number of hydrogen-bond donors (Lipinski definition) is 2. The van der Waals surface area contributed by atoms with Crippen LogP contribution in [0.2, 0.25) is 0 Å². The Balaban J connectivity index is 0.00000625. The first-order valence-corrected chi connectivity index (χ1v) is 9.58. The summed E-state index contributed by atoms with van der Waals surface area (Å²) in [7, 11) is 0. The molecule has 0 saturated carbocycles. The minimum absolute atomic E-state index is 0. The highest BCUT2D eigenvalue weighted by Gasteiger charge is 2.22. The Hall–Kier alpha value is -1.17. The Kier molecular flexibility index (Phi) is 12.5. The summed E-state index contributed by atoms with van der Waals surface area (Å²) in [5, 5.41) is 25.1. The molecular weight excluding hydrogens is 352 g/mol. The standard InChI is InChI=1S/C20H34N2O3.ClH/c1-5-6-7-8-9-10-13-21-16(4)20(23)17-11-12-18(15(2)3)19(14-17)22(24)25;/h11-12,14-16,20-21,23H,5-10,13H2,1-4H3;1H. The first kappa shape index (κ1) is 24.8. The van der Waals surface area contributed by atoms with E-state index in [-0.39, 0.29) is 35.0 Å². The van der Waals surface area contributed by atoms with Crippen molar-refractivity contribution in [2.45, 2.75) is 84.3 Å². The maximum atomic E-state index is 11.3. The quantitative estimate of drug-likeness (QED) is 0.282. The number of nitrogens with one attached hydrogen (secondary N) is 1. The van der Waals surface area contributed by atoms with Gasteiger partial charge in [-0.05, 0) is 31.4 Å². The number of nitro benzene ring substituents is 1. The second-order valence-corrected chi connectivity index (χ2v) is 7.19. The highest BCUT2D eigenvalue weighted by Crippen LogP contribution is 2.30. The maximum absolute atomic E-state index is 11.3. The van der Waals surface area contributed by atoms with E-state index in [1.807, 2.05) is 20.8 Å². The van der Waals surface area contributed by atoms with Gasteiger partial charge in [0.1, 0.15) is 0 Å². The molecule has 0 aliphatic heterocycles. The van der Waals surface area contributed by atoms with Crippen LogP contribution < -0.4 is 5.32 Å². The minimum atomic E-state index is -0.750. The number of unbranched alkanes of at least 4 members (excludes halogenated alkanes) is 5. The molecule has 0 aromatic heterocycles. The first-order valence-electron chi connectivity index (χ1n) is 9.58. The molecule has 0 radical (unpaired) electrons. The fourth-order valence-corrected chi connectivity index (χ4v) is 3.03. The molecule has 1 aromatic carbocycles. The lowest BCUT2D eigenvalue weighted by atomic mass is 9.95. The minimum Gasteiger partial charge on any atom is -0.387 e. The summed E-state index contributed by atoms with van der Waals surface area (Å²) in [4.78, 5) is 10.9. The Bertz CT molecular complexity index is 538. The molecule has 0 spiro atoms. The van der Waals surface area contributed by atoms with Crippen LogP contribution in [0.1, 0.15) is 89.4 Å². The summed E-state index contributed by atoms with van der Waals surface area (Å²) < 4.78 is 0. The van der Waals surface area contributed by atoms with Crippen LogP contribution in [-0.4, -0.2) is 22.6 Å². The van der Waals surface area contributed by atoms with Crippen molar-refractivity contribution >= 4 is 18.1 Å². The van der Waals surface area contributed by atoms with Gasteiger partial charge < -0.3 is 10.4 Å². The van der Waals surface area contributed by atoms with Gasteiger partial charge in [-0.15, -0.1) is 12.4 Å². The molecule has 2 atom stereocenters. The molecular formula is C20H35ClN2O3. The topological polar surface area (TPSA) is 75.4 Å². The predicted octanol–water partition coefficient (Wildman–Crippen LogP) is 5.51. The van der Waals surface area contributed by atoms with E-state index in [4.69, 9.17) is 0 Å². The lowest BCUT2D eigenvalue weighted by Gasteiger charge is -2.21. The summed E-state index contributed by atoms with van der Waals surface area (Å²) in [5.74, 6) is 0.0786. The van der Waals surface area contributed by atoms with Crippen LogP contribution in [-0.2, 0) is 0 Å². The molecule has 0 saturated heterocycles. The third-order valence-corrected chi connectivity index (χ3v) is 4.68. The molecule has 2 N–H and O–H groups in total. The summed E-state index contributed by atoms with van der Waals surface area (Å²) in [6.45, 7) is 8.86. The Morgan fingerprint density at radius 3 is 2.31 bits per heavy atom. The number of aliphatic hydroxyl groups excluding tert-OH is 1. The molecule has 0 aliphatic carbocycles. The van der Waals surface area contributed by atoms with E-state index in [1.54, 1.807) is 12.1 Å². The van der Waals surface area contributed by atoms with Crippen LogP contribution in [0, 0.1) is 10.1 Å². The molecule has 0 heterocycles. The van der Waals surface area contributed by atoms with Crippen molar-refractivity contribution < 1.29 is 10.0 Å². The lowest BCUT2D eigenvalue weighted by molar-refractivity contribution is -0.385. The number of hydrogen-bond acceptors (Lipinski definition) is 4. The second kappa shape index (κ2) is 13.1. The SMILES string of the molecule is CCCCCCCCNC(C)C(O)c1ccc(C(C)C)c([N+](=O)[O-])c1.Cl. The van der Waals surface area contributed by atoms with Crippen molar-refractivity contribution in [1.82, 2.24) is 5.32 Å². The van der Waals surface area contributed by atoms with Crippen molar-refractivity contribution in [2.75, 3.05) is 6.54 Å². The van der Waals surface area contributed by atoms with E-state index in [1.165, 1.54) is 38.2 Å². The number of benzene rings is 1. The lowest BCUT2D eigenvalue weighted by Crippen LogP contribution is -2.33. The van der Waals surface area contributed by atoms with Crippen molar-refractivity contribution in [3.63, 3.8) is 0 Å². The highest BCUT2D eigenvalue weighted by atomic mass is 35.5. The Morgan fingerprint density at radius 2 is 1.73 bits per heavy atom. The molecule has 1 aromatic rings. The van der Waals surface area contributed by atoms with E-state index < -0.39 is 6.10 Å². The zero-order chi connectivity index (χ0) is 18.8. The summed E-state index contributed by atoms with van der Waals surface area (Å²) in [5.41, 5.74) is 1.39. The molecule has 5 nitrogen and oxygen atoms in total. The molecule has 0 amide bonds. The summed E-state index contributed by atoms with van der Waals surface area (Å²) in [6.07, 6.45) is 6.64. The highest BCUT2D eigenvalue weighted by molar-refractivity contribution is 5.85. The van der Waals surface area contributed by atoms with Gasteiger partial charge in [0.25, 0.3) is 5.69 Å². The van der Waals surface area contributed by atoms with Crippen LogP contribution in [0.4, 0.5) is 5.69 Å². The van der Waals surface area contributed by atoms with Gasteiger partial charge in [0.2, 0.25) is 0 Å². The normalized spacial score (nSPS) is 13.3. The molecule has 1 rings (SSSR count). The van der Waals surface area contributed by atoms with Gasteiger partial charge >= 0.3 is 0 Å². The van der Waals surface area contributed by atoms with Gasteiger partial charge in [0, 0.05) is 17.7 Å². The van der Waals surface area contributed by atoms with Crippen molar-refractivity contribution in [2.24, 2.45) is 0 Å². The zero-order valence-corrected chi connectivity index (χ0v) is 17.3. The van der Waals surface area contributed by atoms with Crippen molar-refractivity contribution in [3.05, 3.63) is 39.4 Å². The van der Waals surface area contributed by atoms with Gasteiger partial charge in [-0.1, -0.05) is 65.0 Å².